The van der Waals surface area contributed by atoms with Crippen LogP contribution in [0.25, 0.3) is 11.3 Å². The summed E-state index contributed by atoms with van der Waals surface area (Å²) in [5.41, 5.74) is 2.80. The number of para-hydroxylation sites is 1. The molecule has 7 heteroatoms. The maximum Gasteiger partial charge on any atom is 0.234 e. The molecule has 0 atom stereocenters. The van der Waals surface area contributed by atoms with Crippen molar-refractivity contribution in [3.05, 3.63) is 89.4 Å². The highest BCUT2D eigenvalue weighted by Crippen LogP contribution is 2.28. The van der Waals surface area contributed by atoms with E-state index in [1.807, 2.05) is 72.9 Å². The Labute approximate surface area is 181 Å². The minimum absolute atomic E-state index is 0.0873. The number of carbonyl (C=O) groups is 1. The Balaban J connectivity index is 1.53. The number of benzene rings is 2. The Morgan fingerprint density at radius 1 is 1.07 bits per heavy atom. The molecule has 4 aromatic rings. The second kappa shape index (κ2) is 9.15. The van der Waals surface area contributed by atoms with Crippen molar-refractivity contribution in [1.29, 1.82) is 0 Å². The van der Waals surface area contributed by atoms with Gasteiger partial charge in [-0.05, 0) is 45.8 Å². The normalized spacial score (nSPS) is 10.8. The van der Waals surface area contributed by atoms with E-state index in [0.29, 0.717) is 6.54 Å². The topological polar surface area (TPSA) is 60.1 Å². The summed E-state index contributed by atoms with van der Waals surface area (Å²) in [5.74, 6) is 1.00. The molecule has 1 N–H and O–H groups in total. The molecule has 0 bridgehead atoms. The van der Waals surface area contributed by atoms with E-state index in [0.717, 1.165) is 32.3 Å². The molecule has 0 aliphatic heterocycles. The Morgan fingerprint density at radius 3 is 2.62 bits per heavy atom. The third-order valence-electron chi connectivity index (χ3n) is 4.26. The van der Waals surface area contributed by atoms with Gasteiger partial charge in [-0.2, -0.15) is 0 Å². The summed E-state index contributed by atoms with van der Waals surface area (Å²) >= 11 is 4.85. The molecule has 0 saturated carbocycles. The van der Waals surface area contributed by atoms with Gasteiger partial charge < -0.3 is 14.3 Å². The van der Waals surface area contributed by atoms with Crippen molar-refractivity contribution in [3.8, 4) is 11.3 Å². The standard InChI is InChI=1S/C22H18BrN3O2S/c23-18-10-4-5-11-19(18)25-21(27)15-29-22-24-13-20(16-7-2-1-3-8-16)26(22)14-17-9-6-12-28-17/h1-13H,14-15H2,(H,25,27). The van der Waals surface area contributed by atoms with E-state index in [1.165, 1.54) is 11.8 Å². The van der Waals surface area contributed by atoms with Gasteiger partial charge in [-0.25, -0.2) is 4.98 Å². The zero-order valence-corrected chi connectivity index (χ0v) is 17.8. The van der Waals surface area contributed by atoms with E-state index in [-0.39, 0.29) is 11.7 Å². The molecule has 0 fully saturated rings. The second-order valence-corrected chi connectivity index (χ2v) is 8.07. The molecule has 5 nitrogen and oxygen atoms in total. The van der Waals surface area contributed by atoms with Gasteiger partial charge in [0.1, 0.15) is 5.76 Å². The summed E-state index contributed by atoms with van der Waals surface area (Å²) < 4.78 is 8.45. The van der Waals surface area contributed by atoms with E-state index in [2.05, 4.69) is 30.8 Å². The zero-order valence-electron chi connectivity index (χ0n) is 15.4. The lowest BCUT2D eigenvalue weighted by Crippen LogP contribution is -2.15. The van der Waals surface area contributed by atoms with Gasteiger partial charge in [-0.15, -0.1) is 0 Å². The van der Waals surface area contributed by atoms with Gasteiger partial charge in [0, 0.05) is 4.47 Å². The molecule has 0 saturated heterocycles. The van der Waals surface area contributed by atoms with Crippen molar-refractivity contribution in [2.24, 2.45) is 0 Å². The first-order valence-corrected chi connectivity index (χ1v) is 10.8. The van der Waals surface area contributed by atoms with Crippen LogP contribution in [0.3, 0.4) is 0 Å². The molecule has 29 heavy (non-hydrogen) atoms. The molecule has 0 aliphatic carbocycles. The Kier molecular flexibility index (Phi) is 6.17. The number of amides is 1. The number of hydrogen-bond acceptors (Lipinski definition) is 4. The fraction of sp³-hybridized carbons (Fsp3) is 0.0909. The van der Waals surface area contributed by atoms with Crippen LogP contribution in [0.5, 0.6) is 0 Å². The quantitative estimate of drug-likeness (QED) is 0.355. The number of halogens is 1. The molecule has 0 radical (unpaired) electrons. The number of carbonyl (C=O) groups excluding carboxylic acids is 1. The molecule has 2 aromatic heterocycles. The summed E-state index contributed by atoms with van der Waals surface area (Å²) in [4.78, 5) is 17.0. The summed E-state index contributed by atoms with van der Waals surface area (Å²) in [5, 5.41) is 3.69. The lowest BCUT2D eigenvalue weighted by Gasteiger charge is -2.11. The number of rotatable bonds is 7. The van der Waals surface area contributed by atoms with Crippen molar-refractivity contribution in [1.82, 2.24) is 9.55 Å². The third-order valence-corrected chi connectivity index (χ3v) is 5.94. The molecule has 2 heterocycles. The number of furan rings is 1. The highest BCUT2D eigenvalue weighted by Gasteiger charge is 2.15. The van der Waals surface area contributed by atoms with E-state index in [4.69, 9.17) is 4.42 Å². The van der Waals surface area contributed by atoms with Crippen LogP contribution in [0, 0.1) is 0 Å². The summed E-state index contributed by atoms with van der Waals surface area (Å²) in [6, 6.07) is 21.4. The van der Waals surface area contributed by atoms with Crippen molar-refractivity contribution < 1.29 is 9.21 Å². The fourth-order valence-electron chi connectivity index (χ4n) is 2.90. The molecule has 1 amide bonds. The highest BCUT2D eigenvalue weighted by atomic mass is 79.9. The number of nitrogens with zero attached hydrogens (tertiary/aromatic N) is 2. The van der Waals surface area contributed by atoms with Gasteiger partial charge in [0.25, 0.3) is 0 Å². The lowest BCUT2D eigenvalue weighted by atomic mass is 10.2. The van der Waals surface area contributed by atoms with Gasteiger partial charge in [0.15, 0.2) is 5.16 Å². The molecule has 0 unspecified atom stereocenters. The Bertz CT molecular complexity index is 1090. The zero-order chi connectivity index (χ0) is 20.1. The maximum absolute atomic E-state index is 12.4. The molecule has 0 spiro atoms. The number of imidazole rings is 1. The van der Waals surface area contributed by atoms with Crippen LogP contribution in [0.4, 0.5) is 5.69 Å². The van der Waals surface area contributed by atoms with Crippen LogP contribution in [0.15, 0.2) is 93.2 Å². The van der Waals surface area contributed by atoms with E-state index < -0.39 is 0 Å². The summed E-state index contributed by atoms with van der Waals surface area (Å²) in [6.07, 6.45) is 3.50. The Hall–Kier alpha value is -2.77. The van der Waals surface area contributed by atoms with Crippen LogP contribution < -0.4 is 5.32 Å². The SMILES string of the molecule is O=C(CSc1ncc(-c2ccccc2)n1Cc1ccco1)Nc1ccccc1Br. The third kappa shape index (κ3) is 4.81. The second-order valence-electron chi connectivity index (χ2n) is 6.27. The predicted molar refractivity (Wildman–Crippen MR) is 119 cm³/mol. The first kappa shape index (κ1) is 19.5. The van der Waals surface area contributed by atoms with E-state index in [9.17, 15) is 4.79 Å². The first-order valence-electron chi connectivity index (χ1n) is 9.01. The minimum Gasteiger partial charge on any atom is -0.467 e. The fourth-order valence-corrected chi connectivity index (χ4v) is 4.07. The first-order chi connectivity index (χ1) is 14.2. The van der Waals surface area contributed by atoms with Crippen molar-refractivity contribution in [3.63, 3.8) is 0 Å². The van der Waals surface area contributed by atoms with Gasteiger partial charge in [-0.1, -0.05) is 54.2 Å². The van der Waals surface area contributed by atoms with Crippen molar-refractivity contribution in [2.75, 3.05) is 11.1 Å². The maximum atomic E-state index is 12.4. The van der Waals surface area contributed by atoms with E-state index >= 15 is 0 Å². The monoisotopic (exact) mass is 467 g/mol. The number of hydrogen-bond donors (Lipinski definition) is 1. The van der Waals surface area contributed by atoms with Crippen LogP contribution in [-0.4, -0.2) is 21.2 Å². The lowest BCUT2D eigenvalue weighted by molar-refractivity contribution is -0.113. The number of nitrogens with one attached hydrogen (secondary N) is 1. The number of aromatic nitrogens is 2. The summed E-state index contributed by atoms with van der Waals surface area (Å²) in [6.45, 7) is 0.547. The van der Waals surface area contributed by atoms with Crippen LogP contribution in [-0.2, 0) is 11.3 Å². The van der Waals surface area contributed by atoms with Crippen molar-refractivity contribution >= 4 is 39.3 Å². The van der Waals surface area contributed by atoms with Gasteiger partial charge >= 0.3 is 0 Å². The smallest absolute Gasteiger partial charge is 0.234 e. The molecular formula is C22H18BrN3O2S. The van der Waals surface area contributed by atoms with Gasteiger partial charge in [0.05, 0.1) is 36.1 Å². The molecule has 0 aliphatic rings. The van der Waals surface area contributed by atoms with Crippen molar-refractivity contribution in [2.45, 2.75) is 11.7 Å². The highest BCUT2D eigenvalue weighted by molar-refractivity contribution is 9.10. The average Bonchev–Trinajstić information content (AvgIpc) is 3.39. The van der Waals surface area contributed by atoms with Gasteiger partial charge in [0.2, 0.25) is 5.91 Å². The van der Waals surface area contributed by atoms with E-state index in [1.54, 1.807) is 6.26 Å². The predicted octanol–water partition coefficient (Wildman–Crippen LogP) is 5.68. The largest absolute Gasteiger partial charge is 0.467 e. The Morgan fingerprint density at radius 2 is 1.86 bits per heavy atom. The minimum atomic E-state index is -0.0873. The van der Waals surface area contributed by atoms with Gasteiger partial charge in [-0.3, -0.25) is 4.79 Å². The molecular weight excluding hydrogens is 450 g/mol. The molecule has 4 rings (SSSR count). The molecule has 2 aromatic carbocycles. The average molecular weight is 468 g/mol. The number of thioether (sulfide) groups is 1. The van der Waals surface area contributed by atoms with Crippen LogP contribution >= 0.6 is 27.7 Å². The van der Waals surface area contributed by atoms with Crippen LogP contribution in [0.2, 0.25) is 0 Å². The molecule has 146 valence electrons. The van der Waals surface area contributed by atoms with Crippen LogP contribution in [0.1, 0.15) is 5.76 Å². The number of anilines is 1. The summed E-state index contributed by atoms with van der Waals surface area (Å²) in [7, 11) is 0.